The summed E-state index contributed by atoms with van der Waals surface area (Å²) >= 11 is 1.68. The molecule has 1 atom stereocenters. The first kappa shape index (κ1) is 31.8. The minimum absolute atomic E-state index is 0.156. The van der Waals surface area contributed by atoms with E-state index in [9.17, 15) is 14.7 Å². The van der Waals surface area contributed by atoms with Crippen molar-refractivity contribution in [2.75, 3.05) is 12.4 Å². The average Bonchev–Trinajstić information content (AvgIpc) is 3.03. The predicted octanol–water partition coefficient (Wildman–Crippen LogP) is 7.70. The summed E-state index contributed by atoms with van der Waals surface area (Å²) < 4.78 is 5.87. The molecule has 0 bridgehead atoms. The fourth-order valence-electron chi connectivity index (χ4n) is 4.60. The average molecular weight is 598 g/mol. The van der Waals surface area contributed by atoms with Gasteiger partial charge in [0.1, 0.15) is 11.8 Å². The van der Waals surface area contributed by atoms with Crippen LogP contribution in [-0.4, -0.2) is 45.4 Å². The highest BCUT2D eigenvalue weighted by Gasteiger charge is 2.21. The van der Waals surface area contributed by atoms with Crippen LogP contribution in [0.5, 0.6) is 5.75 Å². The molecule has 7 nitrogen and oxygen atoms in total. The Morgan fingerprint density at radius 1 is 0.814 bits per heavy atom. The van der Waals surface area contributed by atoms with E-state index in [1.807, 2.05) is 60.7 Å². The van der Waals surface area contributed by atoms with E-state index < -0.39 is 17.9 Å². The summed E-state index contributed by atoms with van der Waals surface area (Å²) in [4.78, 5) is 34.8. The molecule has 1 unspecified atom stereocenters. The molecule has 0 aliphatic rings. The zero-order chi connectivity index (χ0) is 30.4. The van der Waals surface area contributed by atoms with Crippen LogP contribution >= 0.6 is 11.8 Å². The van der Waals surface area contributed by atoms with Crippen LogP contribution in [0.25, 0.3) is 22.5 Å². The van der Waals surface area contributed by atoms with E-state index in [-0.39, 0.29) is 6.42 Å². The lowest BCUT2D eigenvalue weighted by atomic mass is 10.0. The van der Waals surface area contributed by atoms with Crippen molar-refractivity contribution >= 4 is 23.6 Å². The highest BCUT2D eigenvalue weighted by Crippen LogP contribution is 2.24. The first-order valence-corrected chi connectivity index (χ1v) is 15.9. The number of nitrogens with zero attached hydrogens (tertiary/aromatic N) is 2. The van der Waals surface area contributed by atoms with Gasteiger partial charge < -0.3 is 15.2 Å². The molecule has 1 aromatic heterocycles. The number of ether oxygens (including phenoxy) is 1. The third kappa shape index (κ3) is 9.68. The summed E-state index contributed by atoms with van der Waals surface area (Å²) in [7, 11) is 0. The molecular formula is C35H39N3O4S. The normalized spacial score (nSPS) is 11.6. The summed E-state index contributed by atoms with van der Waals surface area (Å²) in [6.07, 6.45) is 9.81. The highest BCUT2D eigenvalue weighted by molar-refractivity contribution is 7.99. The van der Waals surface area contributed by atoms with Crippen LogP contribution < -0.4 is 10.1 Å². The highest BCUT2D eigenvalue weighted by atomic mass is 32.2. The largest absolute Gasteiger partial charge is 0.494 e. The van der Waals surface area contributed by atoms with Gasteiger partial charge in [0.25, 0.3) is 5.91 Å². The molecule has 0 aliphatic heterocycles. The van der Waals surface area contributed by atoms with Gasteiger partial charge in [0.05, 0.1) is 6.61 Å². The van der Waals surface area contributed by atoms with Crippen LogP contribution in [0.4, 0.5) is 0 Å². The predicted molar refractivity (Wildman–Crippen MR) is 173 cm³/mol. The third-order valence-corrected chi connectivity index (χ3v) is 7.93. The van der Waals surface area contributed by atoms with Gasteiger partial charge in [-0.25, -0.2) is 14.8 Å². The zero-order valence-corrected chi connectivity index (χ0v) is 25.6. The number of carbonyl (C=O) groups excluding carboxylic acids is 1. The number of thioether (sulfide) groups is 1. The van der Waals surface area contributed by atoms with Crippen LogP contribution in [0.2, 0.25) is 0 Å². The van der Waals surface area contributed by atoms with Gasteiger partial charge in [-0.1, -0.05) is 75.9 Å². The molecule has 1 amide bonds. The van der Waals surface area contributed by atoms with Crippen molar-refractivity contribution in [2.45, 2.75) is 63.3 Å². The molecular weight excluding hydrogens is 558 g/mol. The molecule has 0 spiro atoms. The fraction of sp³-hybridized carbons (Fsp3) is 0.314. The van der Waals surface area contributed by atoms with Gasteiger partial charge in [-0.05, 0) is 59.7 Å². The van der Waals surface area contributed by atoms with E-state index in [1.165, 1.54) is 25.7 Å². The Morgan fingerprint density at radius 3 is 2.09 bits per heavy atom. The monoisotopic (exact) mass is 597 g/mol. The van der Waals surface area contributed by atoms with Crippen LogP contribution in [0.1, 0.15) is 61.9 Å². The quantitative estimate of drug-likeness (QED) is 0.101. The van der Waals surface area contributed by atoms with Gasteiger partial charge in [-0.15, -0.1) is 11.8 Å². The van der Waals surface area contributed by atoms with E-state index >= 15 is 0 Å². The number of carboxylic acid groups (broad SMARTS) is 1. The molecule has 4 aromatic rings. The molecule has 8 heteroatoms. The fourth-order valence-corrected chi connectivity index (χ4v) is 5.26. The standard InChI is InChI=1S/C35H39N3O4S/c1-3-5-6-7-8-21-42-30-17-13-26(14-18-30)29-23-36-33(37-24-29)27-11-9-25(10-12-27)22-32(35(40)41)38-34(39)28-15-19-31(20-16-28)43-4-2/h9-20,23-24,32H,3-8,21-22H2,1-2H3,(H,38,39)(H,40,41). The lowest BCUT2D eigenvalue weighted by Crippen LogP contribution is -2.42. The molecule has 2 N–H and O–H groups in total. The second kappa shape index (κ2) is 16.5. The van der Waals surface area contributed by atoms with Crippen molar-refractivity contribution in [1.82, 2.24) is 15.3 Å². The SMILES string of the molecule is CCCCCCCOc1ccc(-c2cnc(-c3ccc(CC(NC(=O)c4ccc(SCC)cc4)C(=O)O)cc3)nc2)cc1. The lowest BCUT2D eigenvalue weighted by molar-refractivity contribution is -0.139. The van der Waals surface area contributed by atoms with Crippen LogP contribution in [0.3, 0.4) is 0 Å². The molecule has 224 valence electrons. The molecule has 1 heterocycles. The van der Waals surface area contributed by atoms with E-state index in [2.05, 4.69) is 29.1 Å². The Kier molecular flexibility index (Phi) is 12.2. The van der Waals surface area contributed by atoms with Crippen molar-refractivity contribution in [2.24, 2.45) is 0 Å². The van der Waals surface area contributed by atoms with Crippen LogP contribution in [-0.2, 0) is 11.2 Å². The number of carbonyl (C=O) groups is 2. The van der Waals surface area contributed by atoms with Gasteiger partial charge in [-0.2, -0.15) is 0 Å². The third-order valence-electron chi connectivity index (χ3n) is 7.04. The van der Waals surface area contributed by atoms with Gasteiger partial charge in [-0.3, -0.25) is 4.79 Å². The lowest BCUT2D eigenvalue weighted by Gasteiger charge is -2.15. The number of benzene rings is 3. The number of unbranched alkanes of at least 4 members (excludes halogenated alkanes) is 4. The molecule has 0 aliphatic carbocycles. The Bertz CT molecular complexity index is 1440. The first-order valence-electron chi connectivity index (χ1n) is 14.9. The smallest absolute Gasteiger partial charge is 0.326 e. The van der Waals surface area contributed by atoms with Gasteiger partial charge >= 0.3 is 5.97 Å². The van der Waals surface area contributed by atoms with E-state index in [0.717, 1.165) is 51.7 Å². The second-order valence-corrected chi connectivity index (χ2v) is 11.6. The van der Waals surface area contributed by atoms with Crippen molar-refractivity contribution in [1.29, 1.82) is 0 Å². The zero-order valence-electron chi connectivity index (χ0n) is 24.8. The number of nitrogens with one attached hydrogen (secondary N) is 1. The summed E-state index contributed by atoms with van der Waals surface area (Å²) in [5.41, 5.74) is 3.95. The number of aliphatic carboxylic acids is 1. The molecule has 0 fully saturated rings. The van der Waals surface area contributed by atoms with Crippen molar-refractivity contribution in [3.05, 3.63) is 96.3 Å². The Morgan fingerprint density at radius 2 is 1.47 bits per heavy atom. The van der Waals surface area contributed by atoms with Crippen LogP contribution in [0, 0.1) is 0 Å². The van der Waals surface area contributed by atoms with E-state index in [1.54, 1.807) is 36.3 Å². The molecule has 0 saturated heterocycles. The number of hydrogen-bond donors (Lipinski definition) is 2. The van der Waals surface area contributed by atoms with Gasteiger partial charge in [0.2, 0.25) is 0 Å². The second-order valence-electron chi connectivity index (χ2n) is 10.3. The Balaban J connectivity index is 1.31. The summed E-state index contributed by atoms with van der Waals surface area (Å²) in [6, 6.07) is 21.5. The van der Waals surface area contributed by atoms with Crippen molar-refractivity contribution in [3.63, 3.8) is 0 Å². The number of amides is 1. The van der Waals surface area contributed by atoms with Gasteiger partial charge in [0, 0.05) is 40.4 Å². The maximum Gasteiger partial charge on any atom is 0.326 e. The summed E-state index contributed by atoms with van der Waals surface area (Å²) in [6.45, 7) is 5.01. The Hall–Kier alpha value is -4.17. The minimum Gasteiger partial charge on any atom is -0.494 e. The van der Waals surface area contributed by atoms with E-state index in [0.29, 0.717) is 11.4 Å². The minimum atomic E-state index is -1.09. The van der Waals surface area contributed by atoms with Crippen molar-refractivity contribution < 1.29 is 19.4 Å². The first-order chi connectivity index (χ1) is 21.0. The molecule has 4 rings (SSSR count). The molecule has 43 heavy (non-hydrogen) atoms. The Labute approximate surface area is 258 Å². The molecule has 3 aromatic carbocycles. The molecule has 0 radical (unpaired) electrons. The van der Waals surface area contributed by atoms with Crippen LogP contribution in [0.15, 0.2) is 90.1 Å². The maximum absolute atomic E-state index is 12.7. The summed E-state index contributed by atoms with van der Waals surface area (Å²) in [5, 5.41) is 12.4. The van der Waals surface area contributed by atoms with Crippen molar-refractivity contribution in [3.8, 4) is 28.3 Å². The topological polar surface area (TPSA) is 101 Å². The number of hydrogen-bond acceptors (Lipinski definition) is 6. The summed E-state index contributed by atoms with van der Waals surface area (Å²) in [5.74, 6) is 0.877. The molecule has 0 saturated carbocycles. The maximum atomic E-state index is 12.7. The van der Waals surface area contributed by atoms with E-state index in [4.69, 9.17) is 4.74 Å². The number of carboxylic acids is 1. The van der Waals surface area contributed by atoms with Gasteiger partial charge in [0.15, 0.2) is 5.82 Å². The number of aromatic nitrogens is 2. The number of rotatable bonds is 16.